The third kappa shape index (κ3) is 2.63. The first kappa shape index (κ1) is 12.4. The number of rotatable bonds is 2. The molecule has 2 nitrogen and oxygen atoms in total. The number of hydrogen-bond donors (Lipinski definition) is 1. The smallest absolute Gasteiger partial charge is 0.0781 e. The van der Waals surface area contributed by atoms with Gasteiger partial charge in [0.25, 0.3) is 0 Å². The first-order valence-electron chi connectivity index (χ1n) is 6.63. The lowest BCUT2D eigenvalue weighted by atomic mass is 9.92. The highest BCUT2D eigenvalue weighted by atomic mass is 16.3. The zero-order chi connectivity index (χ0) is 12.4. The number of anilines is 1. The number of nitrogens with zero attached hydrogens (tertiary/aromatic N) is 1. The van der Waals surface area contributed by atoms with Crippen LogP contribution >= 0.6 is 0 Å². The molecule has 2 unspecified atom stereocenters. The van der Waals surface area contributed by atoms with Crippen molar-refractivity contribution in [1.29, 1.82) is 0 Å². The lowest BCUT2D eigenvalue weighted by molar-refractivity contribution is 0.199. The standard InChI is InChI=1S/C15H23NO/c1-11-8-9-16(12(2)10-11)15-7-5-4-6-14(15)13(3)17/h4-7,11-13,17H,8-10H2,1-3H3/t11?,12?,13-/m0/s1. The fraction of sp³-hybridized carbons (Fsp3) is 0.600. The highest BCUT2D eigenvalue weighted by Crippen LogP contribution is 2.32. The third-order valence-electron chi connectivity index (χ3n) is 3.83. The van der Waals surface area contributed by atoms with E-state index < -0.39 is 6.10 Å². The van der Waals surface area contributed by atoms with Crippen LogP contribution in [0.4, 0.5) is 5.69 Å². The molecule has 0 aromatic heterocycles. The van der Waals surface area contributed by atoms with Gasteiger partial charge in [0.1, 0.15) is 0 Å². The quantitative estimate of drug-likeness (QED) is 0.846. The molecule has 1 aliphatic heterocycles. The Bertz CT molecular complexity index is 375. The Kier molecular flexibility index (Phi) is 3.72. The van der Waals surface area contributed by atoms with Crippen molar-refractivity contribution in [1.82, 2.24) is 0 Å². The molecule has 2 rings (SSSR count). The van der Waals surface area contributed by atoms with Crippen molar-refractivity contribution in [3.05, 3.63) is 29.8 Å². The van der Waals surface area contributed by atoms with Gasteiger partial charge in [0.05, 0.1) is 6.10 Å². The molecule has 2 heteroatoms. The summed E-state index contributed by atoms with van der Waals surface area (Å²) in [5.74, 6) is 0.819. The summed E-state index contributed by atoms with van der Waals surface area (Å²) >= 11 is 0. The van der Waals surface area contributed by atoms with E-state index in [4.69, 9.17) is 0 Å². The second-order valence-corrected chi connectivity index (χ2v) is 5.41. The Hall–Kier alpha value is -1.02. The summed E-state index contributed by atoms with van der Waals surface area (Å²) in [6, 6.07) is 8.80. The van der Waals surface area contributed by atoms with Gasteiger partial charge in [-0.1, -0.05) is 25.1 Å². The lowest BCUT2D eigenvalue weighted by Crippen LogP contribution is -2.40. The minimum Gasteiger partial charge on any atom is -0.389 e. The van der Waals surface area contributed by atoms with Gasteiger partial charge in [-0.25, -0.2) is 0 Å². The van der Waals surface area contributed by atoms with Crippen molar-refractivity contribution in [2.75, 3.05) is 11.4 Å². The molecule has 17 heavy (non-hydrogen) atoms. The summed E-state index contributed by atoms with van der Waals surface area (Å²) in [4.78, 5) is 2.45. The van der Waals surface area contributed by atoms with Gasteiger partial charge in [-0.2, -0.15) is 0 Å². The van der Waals surface area contributed by atoms with Gasteiger partial charge >= 0.3 is 0 Å². The minimum atomic E-state index is -0.391. The predicted molar refractivity (Wildman–Crippen MR) is 72.3 cm³/mol. The van der Waals surface area contributed by atoms with Gasteiger partial charge in [0.2, 0.25) is 0 Å². The normalized spacial score (nSPS) is 26.9. The fourth-order valence-electron chi connectivity index (χ4n) is 2.87. The summed E-state index contributed by atoms with van der Waals surface area (Å²) in [7, 11) is 0. The molecule has 1 aliphatic rings. The SMILES string of the molecule is CC1CCN(c2ccccc2[C@H](C)O)C(C)C1. The number of aliphatic hydroxyl groups is 1. The summed E-state index contributed by atoms with van der Waals surface area (Å²) in [6.07, 6.45) is 2.10. The molecule has 1 aromatic rings. The summed E-state index contributed by atoms with van der Waals surface area (Å²) in [6.45, 7) is 7.56. The van der Waals surface area contributed by atoms with Crippen molar-refractivity contribution in [3.8, 4) is 0 Å². The van der Waals surface area contributed by atoms with Crippen LogP contribution in [0.1, 0.15) is 45.3 Å². The maximum Gasteiger partial charge on any atom is 0.0781 e. The topological polar surface area (TPSA) is 23.5 Å². The number of benzene rings is 1. The molecule has 0 aliphatic carbocycles. The largest absolute Gasteiger partial charge is 0.389 e. The molecule has 1 fully saturated rings. The Morgan fingerprint density at radius 1 is 1.29 bits per heavy atom. The monoisotopic (exact) mass is 233 g/mol. The number of hydrogen-bond acceptors (Lipinski definition) is 2. The van der Waals surface area contributed by atoms with Crippen molar-refractivity contribution < 1.29 is 5.11 Å². The van der Waals surface area contributed by atoms with E-state index in [0.717, 1.165) is 18.0 Å². The molecule has 1 heterocycles. The number of aliphatic hydroxyl groups excluding tert-OH is 1. The van der Waals surface area contributed by atoms with Gasteiger partial charge in [0.15, 0.2) is 0 Å². The van der Waals surface area contributed by atoms with Crippen LogP contribution in [-0.4, -0.2) is 17.7 Å². The van der Waals surface area contributed by atoms with Gasteiger partial charge in [0, 0.05) is 23.8 Å². The minimum absolute atomic E-state index is 0.391. The molecule has 3 atom stereocenters. The second kappa shape index (κ2) is 5.09. The van der Waals surface area contributed by atoms with E-state index in [2.05, 4.69) is 30.9 Å². The molecule has 1 aromatic carbocycles. The molecular formula is C15H23NO. The van der Waals surface area contributed by atoms with E-state index in [1.165, 1.54) is 18.5 Å². The highest BCUT2D eigenvalue weighted by molar-refractivity contribution is 5.55. The predicted octanol–water partition coefficient (Wildman–Crippen LogP) is 3.36. The van der Waals surface area contributed by atoms with Crippen LogP contribution in [0.5, 0.6) is 0 Å². The Morgan fingerprint density at radius 2 is 2.00 bits per heavy atom. The molecular weight excluding hydrogens is 210 g/mol. The van der Waals surface area contributed by atoms with Crippen molar-refractivity contribution in [3.63, 3.8) is 0 Å². The molecule has 94 valence electrons. The molecule has 1 N–H and O–H groups in total. The average molecular weight is 233 g/mol. The zero-order valence-corrected chi connectivity index (χ0v) is 11.1. The highest BCUT2D eigenvalue weighted by Gasteiger charge is 2.25. The first-order chi connectivity index (χ1) is 8.09. The number of para-hydroxylation sites is 1. The average Bonchev–Trinajstić information content (AvgIpc) is 2.29. The van der Waals surface area contributed by atoms with Crippen LogP contribution < -0.4 is 4.90 Å². The Balaban J connectivity index is 2.27. The summed E-state index contributed by atoms with van der Waals surface area (Å²) < 4.78 is 0. The van der Waals surface area contributed by atoms with Crippen molar-refractivity contribution in [2.45, 2.75) is 45.8 Å². The fourth-order valence-corrected chi connectivity index (χ4v) is 2.87. The first-order valence-corrected chi connectivity index (χ1v) is 6.63. The van der Waals surface area contributed by atoms with Crippen LogP contribution in [-0.2, 0) is 0 Å². The van der Waals surface area contributed by atoms with E-state index in [9.17, 15) is 5.11 Å². The van der Waals surface area contributed by atoms with E-state index in [1.54, 1.807) is 0 Å². The van der Waals surface area contributed by atoms with Crippen LogP contribution in [0, 0.1) is 5.92 Å². The third-order valence-corrected chi connectivity index (χ3v) is 3.83. The lowest BCUT2D eigenvalue weighted by Gasteiger charge is -2.39. The Morgan fingerprint density at radius 3 is 2.65 bits per heavy atom. The molecule has 0 saturated carbocycles. The van der Waals surface area contributed by atoms with Crippen LogP contribution in [0.3, 0.4) is 0 Å². The molecule has 0 bridgehead atoms. The summed E-state index contributed by atoms with van der Waals surface area (Å²) in [5.41, 5.74) is 2.26. The maximum absolute atomic E-state index is 9.85. The molecule has 0 amide bonds. The zero-order valence-electron chi connectivity index (χ0n) is 11.1. The summed E-state index contributed by atoms with van der Waals surface area (Å²) in [5, 5.41) is 9.85. The van der Waals surface area contributed by atoms with E-state index in [-0.39, 0.29) is 0 Å². The molecule has 0 spiro atoms. The van der Waals surface area contributed by atoms with E-state index in [1.807, 2.05) is 19.1 Å². The van der Waals surface area contributed by atoms with Crippen LogP contribution in [0.2, 0.25) is 0 Å². The second-order valence-electron chi connectivity index (χ2n) is 5.41. The van der Waals surface area contributed by atoms with Crippen LogP contribution in [0.15, 0.2) is 24.3 Å². The van der Waals surface area contributed by atoms with Crippen molar-refractivity contribution >= 4 is 5.69 Å². The molecule has 0 radical (unpaired) electrons. The van der Waals surface area contributed by atoms with Gasteiger partial charge in [-0.05, 0) is 38.7 Å². The van der Waals surface area contributed by atoms with Crippen LogP contribution in [0.25, 0.3) is 0 Å². The van der Waals surface area contributed by atoms with E-state index >= 15 is 0 Å². The van der Waals surface area contributed by atoms with E-state index in [0.29, 0.717) is 6.04 Å². The maximum atomic E-state index is 9.85. The Labute approximate surface area is 104 Å². The van der Waals surface area contributed by atoms with Gasteiger partial charge in [-0.3, -0.25) is 0 Å². The van der Waals surface area contributed by atoms with Gasteiger partial charge < -0.3 is 10.0 Å². The molecule has 1 saturated heterocycles. The van der Waals surface area contributed by atoms with Gasteiger partial charge in [-0.15, -0.1) is 0 Å². The number of piperidine rings is 1. The van der Waals surface area contributed by atoms with Crippen molar-refractivity contribution in [2.24, 2.45) is 5.92 Å².